The van der Waals surface area contributed by atoms with Crippen LogP contribution in [0.5, 0.6) is 0 Å². The summed E-state index contributed by atoms with van der Waals surface area (Å²) < 4.78 is 70.0. The minimum Gasteiger partial charge on any atom is -0.313 e. The van der Waals surface area contributed by atoms with Crippen molar-refractivity contribution in [2.45, 2.75) is 25.6 Å². The van der Waals surface area contributed by atoms with Crippen LogP contribution in [-0.2, 0) is 29.4 Å². The molecule has 184 valence electrons. The number of hydrogen-bond acceptors (Lipinski definition) is 6. The maximum atomic E-state index is 13.5. The third-order valence-electron chi connectivity index (χ3n) is 6.19. The van der Waals surface area contributed by atoms with Crippen molar-refractivity contribution in [1.29, 1.82) is 0 Å². The zero-order valence-corrected chi connectivity index (χ0v) is 20.1. The van der Waals surface area contributed by atoms with Crippen LogP contribution >= 0.6 is 11.3 Å². The standard InChI is InChI=1S/C23H22F3N5O2S2/c24-23(25,26)17-4-5-20(21(12-17)15-6-9-27-10-7-15)19-3-1-2-16-13-31(11-8-18(16)19)35(32,33)30-22-29-28-14-34-22/h1-6,12,14,27H,7-11,13H2,(H,29,30). The summed E-state index contributed by atoms with van der Waals surface area (Å²) in [7, 11) is -3.82. The molecule has 1 aromatic heterocycles. The minimum absolute atomic E-state index is 0.153. The molecule has 35 heavy (non-hydrogen) atoms. The van der Waals surface area contributed by atoms with Gasteiger partial charge >= 0.3 is 16.4 Å². The third kappa shape index (κ3) is 4.96. The summed E-state index contributed by atoms with van der Waals surface area (Å²) in [5.74, 6) is 0. The van der Waals surface area contributed by atoms with Crippen molar-refractivity contribution >= 4 is 32.3 Å². The molecule has 3 heterocycles. The van der Waals surface area contributed by atoms with Crippen LogP contribution in [0.3, 0.4) is 0 Å². The fraction of sp³-hybridized carbons (Fsp3) is 0.304. The highest BCUT2D eigenvalue weighted by Gasteiger charge is 2.33. The SMILES string of the molecule is O=S(=O)(Nc1nncs1)N1CCc2c(cccc2-c2ccc(C(F)(F)F)cc2C2=CCNCC2)C1. The molecule has 2 aliphatic rings. The fourth-order valence-corrected chi connectivity index (χ4v) is 6.35. The van der Waals surface area contributed by atoms with E-state index >= 15 is 0 Å². The lowest BCUT2D eigenvalue weighted by atomic mass is 9.85. The molecule has 7 nitrogen and oxygen atoms in total. The summed E-state index contributed by atoms with van der Waals surface area (Å²) in [6.45, 7) is 1.69. The Morgan fingerprint density at radius 3 is 2.66 bits per heavy atom. The minimum atomic E-state index is -4.44. The van der Waals surface area contributed by atoms with Gasteiger partial charge in [-0.15, -0.1) is 10.2 Å². The van der Waals surface area contributed by atoms with Gasteiger partial charge in [0.05, 0.1) is 5.56 Å². The van der Waals surface area contributed by atoms with E-state index in [4.69, 9.17) is 0 Å². The molecule has 0 amide bonds. The molecule has 0 atom stereocenters. The monoisotopic (exact) mass is 521 g/mol. The zero-order valence-electron chi connectivity index (χ0n) is 18.5. The van der Waals surface area contributed by atoms with E-state index in [1.165, 1.54) is 21.9 Å². The molecule has 0 radical (unpaired) electrons. The Hall–Kier alpha value is -2.80. The quantitative estimate of drug-likeness (QED) is 0.523. The highest BCUT2D eigenvalue weighted by atomic mass is 32.2. The maximum absolute atomic E-state index is 13.5. The molecule has 2 N–H and O–H groups in total. The van der Waals surface area contributed by atoms with Gasteiger partial charge in [-0.2, -0.15) is 25.9 Å². The third-order valence-corrected chi connectivity index (χ3v) is 8.37. The fourth-order valence-electron chi connectivity index (χ4n) is 4.52. The Morgan fingerprint density at radius 1 is 1.09 bits per heavy atom. The van der Waals surface area contributed by atoms with Gasteiger partial charge in [-0.3, -0.25) is 0 Å². The smallest absolute Gasteiger partial charge is 0.313 e. The van der Waals surface area contributed by atoms with E-state index in [1.54, 1.807) is 0 Å². The van der Waals surface area contributed by atoms with Crippen LogP contribution in [0, 0.1) is 0 Å². The van der Waals surface area contributed by atoms with Crippen molar-refractivity contribution in [3.05, 3.63) is 70.2 Å². The van der Waals surface area contributed by atoms with Crippen LogP contribution in [0.1, 0.15) is 28.7 Å². The number of aromatic nitrogens is 2. The molecule has 0 saturated carbocycles. The van der Waals surface area contributed by atoms with E-state index in [-0.39, 0.29) is 18.2 Å². The molecule has 0 spiro atoms. The summed E-state index contributed by atoms with van der Waals surface area (Å²) in [5, 5.41) is 10.8. The molecule has 0 unspecified atom stereocenters. The lowest BCUT2D eigenvalue weighted by Crippen LogP contribution is -2.39. The van der Waals surface area contributed by atoms with E-state index < -0.39 is 21.9 Å². The average molecular weight is 522 g/mol. The van der Waals surface area contributed by atoms with Crippen molar-refractivity contribution in [2.75, 3.05) is 24.4 Å². The molecular weight excluding hydrogens is 499 g/mol. The Kier molecular flexibility index (Phi) is 6.38. The van der Waals surface area contributed by atoms with Gasteiger partial charge in [-0.25, -0.2) is 4.72 Å². The summed E-state index contributed by atoms with van der Waals surface area (Å²) in [5.41, 5.74) is 5.54. The number of rotatable bonds is 5. The summed E-state index contributed by atoms with van der Waals surface area (Å²) >= 11 is 1.09. The number of hydrogen-bond donors (Lipinski definition) is 2. The number of halogens is 3. The molecule has 12 heteroatoms. The number of fused-ring (bicyclic) bond motifs is 1. The Labute approximate surface area is 204 Å². The van der Waals surface area contributed by atoms with E-state index in [0.717, 1.165) is 45.2 Å². The lowest BCUT2D eigenvalue weighted by Gasteiger charge is -2.30. The van der Waals surface area contributed by atoms with E-state index in [2.05, 4.69) is 20.2 Å². The first kappa shape index (κ1) is 23.9. The largest absolute Gasteiger partial charge is 0.416 e. The first-order valence-corrected chi connectivity index (χ1v) is 13.3. The Morgan fingerprint density at radius 2 is 1.94 bits per heavy atom. The van der Waals surface area contributed by atoms with Gasteiger partial charge < -0.3 is 5.32 Å². The number of nitrogens with one attached hydrogen (secondary N) is 2. The van der Waals surface area contributed by atoms with Gasteiger partial charge in [-0.05, 0) is 64.9 Å². The summed E-state index contributed by atoms with van der Waals surface area (Å²) in [6.07, 6.45) is -1.44. The Balaban J connectivity index is 1.52. The molecule has 0 bridgehead atoms. The van der Waals surface area contributed by atoms with Gasteiger partial charge in [0.15, 0.2) is 0 Å². The van der Waals surface area contributed by atoms with Crippen molar-refractivity contribution < 1.29 is 21.6 Å². The maximum Gasteiger partial charge on any atom is 0.416 e. The van der Waals surface area contributed by atoms with Gasteiger partial charge in [0, 0.05) is 19.6 Å². The Bertz CT molecular complexity index is 1370. The molecule has 0 fully saturated rings. The van der Waals surface area contributed by atoms with Crippen LogP contribution < -0.4 is 10.0 Å². The second-order valence-electron chi connectivity index (χ2n) is 8.32. The second-order valence-corrected chi connectivity index (χ2v) is 10.8. The van der Waals surface area contributed by atoms with Crippen LogP contribution in [0.15, 0.2) is 48.0 Å². The summed E-state index contributed by atoms with van der Waals surface area (Å²) in [6, 6.07) is 9.47. The average Bonchev–Trinajstić information content (AvgIpc) is 3.35. The number of alkyl halides is 3. The van der Waals surface area contributed by atoms with E-state index in [0.29, 0.717) is 31.5 Å². The molecular formula is C23H22F3N5O2S2. The molecule has 2 aromatic carbocycles. The molecule has 0 aliphatic carbocycles. The van der Waals surface area contributed by atoms with Gasteiger partial charge in [0.2, 0.25) is 5.13 Å². The van der Waals surface area contributed by atoms with Crippen LogP contribution in [-0.4, -0.2) is 42.6 Å². The normalized spacial score (nSPS) is 17.1. The predicted molar refractivity (Wildman–Crippen MR) is 129 cm³/mol. The van der Waals surface area contributed by atoms with Crippen LogP contribution in [0.25, 0.3) is 16.7 Å². The number of nitrogens with zero attached hydrogens (tertiary/aromatic N) is 3. The lowest BCUT2D eigenvalue weighted by molar-refractivity contribution is -0.137. The van der Waals surface area contributed by atoms with Gasteiger partial charge in [0.1, 0.15) is 5.51 Å². The molecule has 5 rings (SSSR count). The highest BCUT2D eigenvalue weighted by molar-refractivity contribution is 7.90. The van der Waals surface area contributed by atoms with E-state index in [1.807, 2.05) is 24.3 Å². The zero-order chi connectivity index (χ0) is 24.6. The number of anilines is 1. The molecule has 0 saturated heterocycles. The first-order valence-electron chi connectivity index (χ1n) is 11.0. The highest BCUT2D eigenvalue weighted by Crippen LogP contribution is 2.40. The van der Waals surface area contributed by atoms with Crippen molar-refractivity contribution in [3.63, 3.8) is 0 Å². The van der Waals surface area contributed by atoms with Crippen molar-refractivity contribution in [3.8, 4) is 11.1 Å². The van der Waals surface area contributed by atoms with Crippen molar-refractivity contribution in [1.82, 2.24) is 19.8 Å². The van der Waals surface area contributed by atoms with Gasteiger partial charge in [-0.1, -0.05) is 41.7 Å². The second kappa shape index (κ2) is 9.34. The van der Waals surface area contributed by atoms with E-state index in [9.17, 15) is 21.6 Å². The molecule has 3 aromatic rings. The first-order chi connectivity index (χ1) is 16.7. The van der Waals surface area contributed by atoms with Crippen molar-refractivity contribution in [2.24, 2.45) is 0 Å². The van der Waals surface area contributed by atoms with Gasteiger partial charge in [0.25, 0.3) is 0 Å². The predicted octanol–water partition coefficient (Wildman–Crippen LogP) is 4.32. The summed E-state index contributed by atoms with van der Waals surface area (Å²) in [4.78, 5) is 0. The van der Waals surface area contributed by atoms with Crippen LogP contribution in [0.4, 0.5) is 18.3 Å². The topological polar surface area (TPSA) is 87.2 Å². The molecule has 2 aliphatic heterocycles. The van der Waals surface area contributed by atoms with Crippen LogP contribution in [0.2, 0.25) is 0 Å². The number of benzene rings is 2.